The van der Waals surface area contributed by atoms with Gasteiger partial charge in [-0.05, 0) is 31.0 Å². The third-order valence-electron chi connectivity index (χ3n) is 5.88. The standard InChI is InChI=1S/C28H48O4/c1-4-6-8-10-12-14-16-18-22-31-26-21-20-25(28(29)30-3)24-27(26)32-23-19-17-15-13-11-9-7-5-2/h20-21,24H,4-19,22-23H2,1-3H3. The molecule has 0 aromatic heterocycles. The van der Waals surface area contributed by atoms with Gasteiger partial charge in [-0.25, -0.2) is 4.79 Å². The second-order valence-electron chi connectivity index (χ2n) is 8.80. The average Bonchev–Trinajstić information content (AvgIpc) is 2.82. The molecule has 0 unspecified atom stereocenters. The molecule has 0 aliphatic carbocycles. The molecule has 1 aromatic rings. The minimum atomic E-state index is -0.350. The number of unbranched alkanes of at least 4 members (excludes halogenated alkanes) is 14. The van der Waals surface area contributed by atoms with E-state index in [1.54, 1.807) is 12.1 Å². The molecular weight excluding hydrogens is 400 g/mol. The monoisotopic (exact) mass is 448 g/mol. The molecule has 0 saturated carbocycles. The van der Waals surface area contributed by atoms with Crippen molar-refractivity contribution in [3.8, 4) is 11.5 Å². The first-order valence-electron chi connectivity index (χ1n) is 13.2. The molecule has 0 saturated heterocycles. The fourth-order valence-corrected chi connectivity index (χ4v) is 3.82. The largest absolute Gasteiger partial charge is 0.490 e. The van der Waals surface area contributed by atoms with E-state index in [4.69, 9.17) is 14.2 Å². The first-order valence-corrected chi connectivity index (χ1v) is 13.2. The maximum absolute atomic E-state index is 11.9. The van der Waals surface area contributed by atoms with Crippen LogP contribution in [-0.4, -0.2) is 26.3 Å². The second kappa shape index (κ2) is 19.9. The number of carbonyl (C=O) groups is 1. The van der Waals surface area contributed by atoms with Gasteiger partial charge in [0.2, 0.25) is 0 Å². The number of esters is 1. The van der Waals surface area contributed by atoms with Crippen LogP contribution in [-0.2, 0) is 4.74 Å². The van der Waals surface area contributed by atoms with Crippen molar-refractivity contribution in [1.82, 2.24) is 0 Å². The van der Waals surface area contributed by atoms with Crippen LogP contribution in [0.5, 0.6) is 11.5 Å². The third-order valence-corrected chi connectivity index (χ3v) is 5.88. The van der Waals surface area contributed by atoms with E-state index in [9.17, 15) is 4.79 Å². The maximum Gasteiger partial charge on any atom is 0.337 e. The molecular formula is C28H48O4. The van der Waals surface area contributed by atoms with Crippen LogP contribution in [0, 0.1) is 0 Å². The molecule has 4 nitrogen and oxygen atoms in total. The molecule has 0 fully saturated rings. The van der Waals surface area contributed by atoms with Gasteiger partial charge in [-0.1, -0.05) is 104 Å². The third kappa shape index (κ3) is 13.6. The van der Waals surface area contributed by atoms with Gasteiger partial charge in [0, 0.05) is 0 Å². The zero-order valence-electron chi connectivity index (χ0n) is 21.1. The second-order valence-corrected chi connectivity index (χ2v) is 8.80. The van der Waals surface area contributed by atoms with Crippen LogP contribution < -0.4 is 9.47 Å². The Bertz CT molecular complexity index is 585. The summed E-state index contributed by atoms with van der Waals surface area (Å²) < 4.78 is 16.9. The van der Waals surface area contributed by atoms with E-state index in [-0.39, 0.29) is 5.97 Å². The van der Waals surface area contributed by atoms with Crippen molar-refractivity contribution in [1.29, 1.82) is 0 Å². The minimum Gasteiger partial charge on any atom is -0.490 e. The van der Waals surface area contributed by atoms with Gasteiger partial charge < -0.3 is 14.2 Å². The Morgan fingerprint density at radius 3 is 1.53 bits per heavy atom. The van der Waals surface area contributed by atoms with Gasteiger partial charge in [-0.2, -0.15) is 0 Å². The summed E-state index contributed by atoms with van der Waals surface area (Å²) in [4.78, 5) is 11.9. The molecule has 0 radical (unpaired) electrons. The van der Waals surface area contributed by atoms with Gasteiger partial charge >= 0.3 is 5.97 Å². The Hall–Kier alpha value is -1.71. The number of hydrogen-bond acceptors (Lipinski definition) is 4. The van der Waals surface area contributed by atoms with E-state index >= 15 is 0 Å². The zero-order chi connectivity index (χ0) is 23.3. The highest BCUT2D eigenvalue weighted by Gasteiger charge is 2.12. The summed E-state index contributed by atoms with van der Waals surface area (Å²) in [7, 11) is 1.40. The lowest BCUT2D eigenvalue weighted by molar-refractivity contribution is 0.0600. The van der Waals surface area contributed by atoms with E-state index in [1.807, 2.05) is 6.07 Å². The van der Waals surface area contributed by atoms with Gasteiger partial charge in [0.15, 0.2) is 11.5 Å². The molecule has 0 atom stereocenters. The van der Waals surface area contributed by atoms with Gasteiger partial charge in [0.25, 0.3) is 0 Å². The highest BCUT2D eigenvalue weighted by molar-refractivity contribution is 5.90. The lowest BCUT2D eigenvalue weighted by Gasteiger charge is -2.14. The zero-order valence-corrected chi connectivity index (χ0v) is 21.1. The van der Waals surface area contributed by atoms with Gasteiger partial charge in [0.1, 0.15) is 0 Å². The highest BCUT2D eigenvalue weighted by Crippen LogP contribution is 2.29. The van der Waals surface area contributed by atoms with E-state index in [1.165, 1.54) is 97.0 Å². The SMILES string of the molecule is CCCCCCCCCCOc1ccc(C(=O)OC)cc1OCCCCCCCCCC. The van der Waals surface area contributed by atoms with Crippen LogP contribution in [0.1, 0.15) is 127 Å². The number of ether oxygens (including phenoxy) is 3. The minimum absolute atomic E-state index is 0.350. The summed E-state index contributed by atoms with van der Waals surface area (Å²) >= 11 is 0. The van der Waals surface area contributed by atoms with Crippen molar-refractivity contribution in [3.63, 3.8) is 0 Å². The molecule has 32 heavy (non-hydrogen) atoms. The van der Waals surface area contributed by atoms with Gasteiger partial charge in [-0.15, -0.1) is 0 Å². The molecule has 1 aromatic carbocycles. The number of methoxy groups -OCH3 is 1. The Morgan fingerprint density at radius 1 is 0.625 bits per heavy atom. The van der Waals surface area contributed by atoms with E-state index in [2.05, 4.69) is 13.8 Å². The van der Waals surface area contributed by atoms with Crippen molar-refractivity contribution >= 4 is 5.97 Å². The van der Waals surface area contributed by atoms with E-state index < -0.39 is 0 Å². The number of hydrogen-bond donors (Lipinski definition) is 0. The van der Waals surface area contributed by atoms with Crippen molar-refractivity contribution < 1.29 is 19.0 Å². The topological polar surface area (TPSA) is 44.8 Å². The summed E-state index contributed by atoms with van der Waals surface area (Å²) in [5, 5.41) is 0. The normalized spacial score (nSPS) is 10.8. The Balaban J connectivity index is 2.36. The first-order chi connectivity index (χ1) is 15.7. The Labute approximate surface area is 197 Å². The van der Waals surface area contributed by atoms with Crippen LogP contribution in [0.2, 0.25) is 0 Å². The van der Waals surface area contributed by atoms with Crippen LogP contribution in [0.15, 0.2) is 18.2 Å². The fraction of sp³-hybridized carbons (Fsp3) is 0.750. The summed E-state index contributed by atoms with van der Waals surface area (Å²) in [5.41, 5.74) is 0.498. The van der Waals surface area contributed by atoms with Crippen LogP contribution in [0.4, 0.5) is 0 Å². The molecule has 0 heterocycles. The summed E-state index contributed by atoms with van der Waals surface area (Å²) in [6.07, 6.45) is 20.3. The fourth-order valence-electron chi connectivity index (χ4n) is 3.82. The van der Waals surface area contributed by atoms with Crippen LogP contribution in [0.25, 0.3) is 0 Å². The molecule has 0 bridgehead atoms. The van der Waals surface area contributed by atoms with Crippen molar-refractivity contribution in [3.05, 3.63) is 23.8 Å². The number of rotatable bonds is 21. The summed E-state index contributed by atoms with van der Waals surface area (Å²) in [6, 6.07) is 5.33. The maximum atomic E-state index is 11.9. The van der Waals surface area contributed by atoms with Crippen LogP contribution in [0.3, 0.4) is 0 Å². The molecule has 4 heteroatoms. The molecule has 0 aliphatic heterocycles. The van der Waals surface area contributed by atoms with Gasteiger partial charge in [0.05, 0.1) is 25.9 Å². The lowest BCUT2D eigenvalue weighted by Crippen LogP contribution is -2.06. The quantitative estimate of drug-likeness (QED) is 0.140. The molecule has 1 rings (SSSR count). The molecule has 0 amide bonds. The van der Waals surface area contributed by atoms with Gasteiger partial charge in [-0.3, -0.25) is 0 Å². The Morgan fingerprint density at radius 2 is 1.06 bits per heavy atom. The number of carbonyl (C=O) groups excluding carboxylic acids is 1. The van der Waals surface area contributed by atoms with Crippen molar-refractivity contribution in [2.75, 3.05) is 20.3 Å². The lowest BCUT2D eigenvalue weighted by atomic mass is 10.1. The van der Waals surface area contributed by atoms with E-state index in [0.717, 1.165) is 18.6 Å². The molecule has 0 aliphatic rings. The highest BCUT2D eigenvalue weighted by atomic mass is 16.5. The Kier molecular flexibility index (Phi) is 17.6. The number of benzene rings is 1. The molecule has 0 spiro atoms. The summed E-state index contributed by atoms with van der Waals surface area (Å²) in [5.74, 6) is 1.02. The van der Waals surface area contributed by atoms with Crippen molar-refractivity contribution in [2.24, 2.45) is 0 Å². The smallest absolute Gasteiger partial charge is 0.337 e. The van der Waals surface area contributed by atoms with Crippen molar-refractivity contribution in [2.45, 2.75) is 117 Å². The predicted octanol–water partition coefficient (Wildman–Crippen LogP) is 8.51. The predicted molar refractivity (Wildman–Crippen MR) is 134 cm³/mol. The molecule has 184 valence electrons. The summed E-state index contributed by atoms with van der Waals surface area (Å²) in [6.45, 7) is 5.83. The van der Waals surface area contributed by atoms with Crippen LogP contribution >= 0.6 is 0 Å². The van der Waals surface area contributed by atoms with E-state index in [0.29, 0.717) is 24.5 Å². The average molecular weight is 449 g/mol. The molecule has 0 N–H and O–H groups in total. The first kappa shape index (κ1) is 28.3.